The SMILES string of the molecule is CO[n+]1ccc(C=O)cc1. The van der Waals surface area contributed by atoms with E-state index in [1.807, 2.05) is 0 Å². The molecule has 0 N–H and O–H groups in total. The summed E-state index contributed by atoms with van der Waals surface area (Å²) in [6.45, 7) is 0. The van der Waals surface area contributed by atoms with Gasteiger partial charge in [0.05, 0.1) is 0 Å². The number of rotatable bonds is 2. The zero-order chi connectivity index (χ0) is 7.40. The average Bonchev–Trinajstić information content (AvgIpc) is 2.05. The molecule has 0 atom stereocenters. The summed E-state index contributed by atoms with van der Waals surface area (Å²) in [5.74, 6) is 0. The van der Waals surface area contributed by atoms with Crippen molar-refractivity contribution in [3.63, 3.8) is 0 Å². The Bertz CT molecular complexity index is 218. The van der Waals surface area contributed by atoms with Crippen molar-refractivity contribution in [2.75, 3.05) is 7.11 Å². The maximum absolute atomic E-state index is 10.2. The molecule has 0 aliphatic carbocycles. The summed E-state index contributed by atoms with van der Waals surface area (Å²) < 4.78 is 1.51. The summed E-state index contributed by atoms with van der Waals surface area (Å²) in [6, 6.07) is 3.35. The lowest BCUT2D eigenvalue weighted by atomic mass is 10.3. The van der Waals surface area contributed by atoms with Gasteiger partial charge in [-0.25, -0.2) is 0 Å². The molecule has 1 heterocycles. The van der Waals surface area contributed by atoms with E-state index in [1.54, 1.807) is 31.6 Å². The molecule has 0 aliphatic rings. The molecule has 0 unspecified atom stereocenters. The molecule has 3 nitrogen and oxygen atoms in total. The van der Waals surface area contributed by atoms with Gasteiger partial charge in [0.2, 0.25) is 12.4 Å². The summed E-state index contributed by atoms with van der Waals surface area (Å²) in [4.78, 5) is 15.0. The highest BCUT2D eigenvalue weighted by atomic mass is 16.6. The third-order valence-electron chi connectivity index (χ3n) is 1.17. The Morgan fingerprint density at radius 1 is 1.50 bits per heavy atom. The molecule has 10 heavy (non-hydrogen) atoms. The van der Waals surface area contributed by atoms with Crippen LogP contribution >= 0.6 is 0 Å². The molecule has 0 spiro atoms. The Hall–Kier alpha value is -1.38. The topological polar surface area (TPSA) is 30.2 Å². The van der Waals surface area contributed by atoms with Gasteiger partial charge >= 0.3 is 0 Å². The Kier molecular flexibility index (Phi) is 1.99. The van der Waals surface area contributed by atoms with E-state index in [0.29, 0.717) is 5.56 Å². The lowest BCUT2D eigenvalue weighted by molar-refractivity contribution is -0.885. The van der Waals surface area contributed by atoms with Crippen LogP contribution in [-0.4, -0.2) is 13.4 Å². The monoisotopic (exact) mass is 138 g/mol. The number of carbonyl (C=O) groups excluding carboxylic acids is 1. The molecule has 3 heteroatoms. The maximum atomic E-state index is 10.2. The van der Waals surface area contributed by atoms with Gasteiger partial charge < -0.3 is 0 Å². The molecule has 0 saturated heterocycles. The molecule has 1 rings (SSSR count). The van der Waals surface area contributed by atoms with E-state index in [0.717, 1.165) is 6.29 Å². The van der Waals surface area contributed by atoms with Crippen LogP contribution < -0.4 is 9.57 Å². The van der Waals surface area contributed by atoms with Gasteiger partial charge in [-0.1, -0.05) is 0 Å². The molecule has 1 aromatic heterocycles. The molecule has 52 valence electrons. The average molecular weight is 138 g/mol. The molecule has 0 aliphatic heterocycles. The van der Waals surface area contributed by atoms with Crippen molar-refractivity contribution in [3.05, 3.63) is 30.1 Å². The minimum absolute atomic E-state index is 0.647. The van der Waals surface area contributed by atoms with E-state index < -0.39 is 0 Å². The van der Waals surface area contributed by atoms with Gasteiger partial charge in [-0.15, -0.1) is 0 Å². The van der Waals surface area contributed by atoms with E-state index in [2.05, 4.69) is 0 Å². The van der Waals surface area contributed by atoms with Gasteiger partial charge in [-0.05, 0) is 0 Å². The summed E-state index contributed by atoms with van der Waals surface area (Å²) in [6.07, 6.45) is 4.13. The highest BCUT2D eigenvalue weighted by Gasteiger charge is 1.96. The van der Waals surface area contributed by atoms with Crippen molar-refractivity contribution in [1.82, 2.24) is 0 Å². The molecule has 0 bridgehead atoms. The van der Waals surface area contributed by atoms with E-state index >= 15 is 0 Å². The fourth-order valence-corrected chi connectivity index (χ4v) is 0.625. The van der Waals surface area contributed by atoms with Crippen molar-refractivity contribution in [2.45, 2.75) is 0 Å². The quantitative estimate of drug-likeness (QED) is 0.420. The number of aldehydes is 1. The van der Waals surface area contributed by atoms with Gasteiger partial charge in [0.25, 0.3) is 0 Å². The first-order chi connectivity index (χ1) is 4.86. The van der Waals surface area contributed by atoms with E-state index in [-0.39, 0.29) is 0 Å². The number of nitrogens with zero attached hydrogens (tertiary/aromatic N) is 1. The van der Waals surface area contributed by atoms with Crippen LogP contribution in [0.4, 0.5) is 0 Å². The van der Waals surface area contributed by atoms with Crippen LogP contribution in [0.25, 0.3) is 0 Å². The lowest BCUT2D eigenvalue weighted by Crippen LogP contribution is -2.39. The third kappa shape index (κ3) is 1.31. The normalized spacial score (nSPS) is 8.90. The van der Waals surface area contributed by atoms with Crippen molar-refractivity contribution in [2.24, 2.45) is 0 Å². The number of carbonyl (C=O) groups is 1. The van der Waals surface area contributed by atoms with Gasteiger partial charge in [0.15, 0.2) is 6.29 Å². The fourth-order valence-electron chi connectivity index (χ4n) is 0.625. The molecule has 1 aromatic rings. The Labute approximate surface area is 58.8 Å². The fraction of sp³-hybridized carbons (Fsp3) is 0.143. The number of hydrogen-bond acceptors (Lipinski definition) is 2. The molecular formula is C7H8NO2+. The van der Waals surface area contributed by atoms with Gasteiger partial charge in [0.1, 0.15) is 7.11 Å². The molecular weight excluding hydrogens is 130 g/mol. The van der Waals surface area contributed by atoms with Crippen molar-refractivity contribution in [1.29, 1.82) is 0 Å². The van der Waals surface area contributed by atoms with Gasteiger partial charge in [-0.3, -0.25) is 9.63 Å². The number of hydrogen-bond donors (Lipinski definition) is 0. The first kappa shape index (κ1) is 6.74. The highest BCUT2D eigenvalue weighted by Crippen LogP contribution is 1.87. The molecule has 0 fully saturated rings. The highest BCUT2D eigenvalue weighted by molar-refractivity contribution is 5.73. The largest absolute Gasteiger partial charge is 0.298 e. The Morgan fingerprint density at radius 3 is 2.50 bits per heavy atom. The van der Waals surface area contributed by atoms with Crippen LogP contribution in [0.3, 0.4) is 0 Å². The van der Waals surface area contributed by atoms with E-state index in [1.165, 1.54) is 4.73 Å². The van der Waals surface area contributed by atoms with E-state index in [4.69, 9.17) is 4.84 Å². The molecule has 0 saturated carbocycles. The second-order valence-electron chi connectivity index (χ2n) is 1.79. The minimum atomic E-state index is 0.647. The Balaban J connectivity index is 2.90. The second kappa shape index (κ2) is 2.96. The van der Waals surface area contributed by atoms with E-state index in [9.17, 15) is 4.79 Å². The summed E-state index contributed by atoms with van der Waals surface area (Å²) in [5, 5.41) is 0. The summed E-state index contributed by atoms with van der Waals surface area (Å²) in [7, 11) is 1.56. The maximum Gasteiger partial charge on any atom is 0.223 e. The predicted octanol–water partition coefficient (Wildman–Crippen LogP) is -0.155. The number of aromatic nitrogens is 1. The Morgan fingerprint density at radius 2 is 2.10 bits per heavy atom. The van der Waals surface area contributed by atoms with Crippen LogP contribution in [0.5, 0.6) is 0 Å². The van der Waals surface area contributed by atoms with Crippen LogP contribution in [0.2, 0.25) is 0 Å². The van der Waals surface area contributed by atoms with Crippen LogP contribution in [0.15, 0.2) is 24.5 Å². The lowest BCUT2D eigenvalue weighted by Gasteiger charge is -1.88. The van der Waals surface area contributed by atoms with Crippen LogP contribution in [0, 0.1) is 0 Å². The zero-order valence-electron chi connectivity index (χ0n) is 5.65. The standard InChI is InChI=1S/C7H8NO2/c1-10-8-4-2-7(6-9)3-5-8/h2-6H,1H3/q+1. The zero-order valence-corrected chi connectivity index (χ0v) is 5.65. The summed E-state index contributed by atoms with van der Waals surface area (Å²) >= 11 is 0. The van der Waals surface area contributed by atoms with Crippen molar-refractivity contribution < 1.29 is 14.4 Å². The summed E-state index contributed by atoms with van der Waals surface area (Å²) in [5.41, 5.74) is 0.647. The van der Waals surface area contributed by atoms with Crippen molar-refractivity contribution >= 4 is 6.29 Å². The van der Waals surface area contributed by atoms with Gasteiger partial charge in [-0.2, -0.15) is 0 Å². The first-order valence-corrected chi connectivity index (χ1v) is 2.88. The molecule has 0 amide bonds. The molecule has 0 aromatic carbocycles. The smallest absolute Gasteiger partial charge is 0.223 e. The van der Waals surface area contributed by atoms with Crippen LogP contribution in [0.1, 0.15) is 10.4 Å². The predicted molar refractivity (Wildman–Crippen MR) is 34.5 cm³/mol. The van der Waals surface area contributed by atoms with Crippen molar-refractivity contribution in [3.8, 4) is 0 Å². The van der Waals surface area contributed by atoms with Gasteiger partial charge in [0, 0.05) is 22.4 Å². The first-order valence-electron chi connectivity index (χ1n) is 2.88. The van der Waals surface area contributed by atoms with Crippen LogP contribution in [-0.2, 0) is 0 Å². The number of pyridine rings is 1. The minimum Gasteiger partial charge on any atom is -0.298 e. The molecule has 0 radical (unpaired) electrons. The second-order valence-corrected chi connectivity index (χ2v) is 1.79. The third-order valence-corrected chi connectivity index (χ3v) is 1.17.